The number of pyridine rings is 2. The number of aliphatic hydroxyl groups is 1. The summed E-state index contributed by atoms with van der Waals surface area (Å²) in [5.74, 6) is 0.0243. The van der Waals surface area contributed by atoms with Crippen molar-refractivity contribution in [1.82, 2.24) is 9.97 Å². The van der Waals surface area contributed by atoms with Gasteiger partial charge in [-0.05, 0) is 50.2 Å². The lowest BCUT2D eigenvalue weighted by Gasteiger charge is -2.18. The number of methoxy groups -OCH3 is 2. The largest absolute Gasteiger partial charge is 0.494 e. The molecule has 4 aromatic carbocycles. The molecule has 0 saturated carbocycles. The summed E-state index contributed by atoms with van der Waals surface area (Å²) in [5.41, 5.74) is 4.71. The SMILES string of the molecule is COc1c(-c2cccc(F)c2)nc2ccccc2c1C(C)=O.COc1c(-c2cccc(F)c2)nc2ccccc2c1C(C)O. The molecule has 6 rings (SSSR count). The summed E-state index contributed by atoms with van der Waals surface area (Å²) in [6.45, 7) is 3.17. The number of hydrogen-bond donors (Lipinski definition) is 1. The third-order valence-corrected chi connectivity index (χ3v) is 7.11. The number of aliphatic hydroxyl groups excluding tert-OH is 1. The maximum absolute atomic E-state index is 13.5. The van der Waals surface area contributed by atoms with Gasteiger partial charge in [0.05, 0.1) is 36.9 Å². The fourth-order valence-electron chi connectivity index (χ4n) is 5.25. The number of carbonyl (C=O) groups excluding carboxylic acids is 1. The molecule has 0 saturated heterocycles. The maximum Gasteiger partial charge on any atom is 0.164 e. The highest BCUT2D eigenvalue weighted by Crippen LogP contribution is 2.40. The van der Waals surface area contributed by atoms with Gasteiger partial charge in [-0.2, -0.15) is 0 Å². The van der Waals surface area contributed by atoms with E-state index in [1.807, 2.05) is 48.5 Å². The number of nitrogens with zero attached hydrogens (tertiary/aromatic N) is 2. The van der Waals surface area contributed by atoms with Crippen LogP contribution in [0.3, 0.4) is 0 Å². The zero-order valence-corrected chi connectivity index (χ0v) is 24.6. The molecule has 222 valence electrons. The first-order valence-corrected chi connectivity index (χ1v) is 13.9. The van der Waals surface area contributed by atoms with Crippen molar-refractivity contribution in [2.24, 2.45) is 0 Å². The van der Waals surface area contributed by atoms with Crippen LogP contribution >= 0.6 is 0 Å². The van der Waals surface area contributed by atoms with Crippen LogP contribution in [0.4, 0.5) is 8.78 Å². The molecule has 8 heteroatoms. The summed E-state index contributed by atoms with van der Waals surface area (Å²) in [6, 6.07) is 27.1. The number of halogens is 2. The molecule has 2 heterocycles. The minimum Gasteiger partial charge on any atom is -0.494 e. The summed E-state index contributed by atoms with van der Waals surface area (Å²) >= 11 is 0. The molecule has 0 bridgehead atoms. The van der Waals surface area contributed by atoms with E-state index in [9.17, 15) is 18.7 Å². The van der Waals surface area contributed by atoms with Gasteiger partial charge >= 0.3 is 0 Å². The van der Waals surface area contributed by atoms with Crippen molar-refractivity contribution in [2.45, 2.75) is 20.0 Å². The Labute approximate surface area is 253 Å². The third-order valence-electron chi connectivity index (χ3n) is 7.11. The Balaban J connectivity index is 0.000000175. The predicted molar refractivity (Wildman–Crippen MR) is 168 cm³/mol. The highest BCUT2D eigenvalue weighted by Gasteiger charge is 2.21. The molecule has 6 nitrogen and oxygen atoms in total. The van der Waals surface area contributed by atoms with Crippen LogP contribution in [0.2, 0.25) is 0 Å². The summed E-state index contributed by atoms with van der Waals surface area (Å²) in [5, 5.41) is 11.7. The molecular weight excluding hydrogens is 562 g/mol. The smallest absolute Gasteiger partial charge is 0.164 e. The Morgan fingerprint density at radius 1 is 0.705 bits per heavy atom. The normalized spacial score (nSPS) is 11.5. The van der Waals surface area contributed by atoms with Gasteiger partial charge in [-0.25, -0.2) is 18.7 Å². The standard InChI is InChI=1S/C18H16FNO2.C18H14FNO2/c2*1-11(21)16-14-8-3-4-9-15(14)20-17(18(16)22-2)12-6-5-7-13(19)10-12/h3-11,21H,1-2H3;3-10H,1-2H3. The minimum atomic E-state index is -0.727. The number of Topliss-reactive ketones (excluding diaryl/α,β-unsaturated/α-hetero) is 1. The number of benzene rings is 4. The van der Waals surface area contributed by atoms with Crippen LogP contribution < -0.4 is 9.47 Å². The highest BCUT2D eigenvalue weighted by molar-refractivity contribution is 6.10. The average Bonchev–Trinajstić information content (AvgIpc) is 3.02. The van der Waals surface area contributed by atoms with Crippen LogP contribution in [-0.4, -0.2) is 35.1 Å². The van der Waals surface area contributed by atoms with E-state index in [1.165, 1.54) is 45.4 Å². The van der Waals surface area contributed by atoms with E-state index < -0.39 is 6.10 Å². The van der Waals surface area contributed by atoms with Crippen LogP contribution in [0.15, 0.2) is 97.1 Å². The third kappa shape index (κ3) is 5.98. The molecule has 0 aliphatic heterocycles. The molecule has 0 aliphatic rings. The molecule has 0 amide bonds. The molecule has 1 unspecified atom stereocenters. The fourth-order valence-corrected chi connectivity index (χ4v) is 5.25. The van der Waals surface area contributed by atoms with Gasteiger partial charge in [-0.3, -0.25) is 4.79 Å². The van der Waals surface area contributed by atoms with Crippen LogP contribution in [0.1, 0.15) is 35.9 Å². The fraction of sp³-hybridized carbons (Fsp3) is 0.139. The quantitative estimate of drug-likeness (QED) is 0.196. The van der Waals surface area contributed by atoms with Gasteiger partial charge in [0.1, 0.15) is 23.0 Å². The highest BCUT2D eigenvalue weighted by atomic mass is 19.1. The predicted octanol–water partition coefficient (Wildman–Crippen LogP) is 8.35. The van der Waals surface area contributed by atoms with E-state index in [0.717, 1.165) is 16.3 Å². The van der Waals surface area contributed by atoms with Crippen LogP contribution in [0, 0.1) is 11.6 Å². The second kappa shape index (κ2) is 13.0. The number of hydrogen-bond acceptors (Lipinski definition) is 6. The number of carbonyl (C=O) groups is 1. The van der Waals surface area contributed by atoms with Gasteiger partial charge in [0.15, 0.2) is 17.3 Å². The van der Waals surface area contributed by atoms with E-state index >= 15 is 0 Å². The molecule has 0 aliphatic carbocycles. The first-order chi connectivity index (χ1) is 21.2. The summed E-state index contributed by atoms with van der Waals surface area (Å²) < 4.78 is 38.0. The van der Waals surface area contributed by atoms with E-state index in [-0.39, 0.29) is 17.4 Å². The number of fused-ring (bicyclic) bond motifs is 2. The van der Waals surface area contributed by atoms with Gasteiger partial charge in [0, 0.05) is 27.5 Å². The van der Waals surface area contributed by atoms with Crippen molar-refractivity contribution in [1.29, 1.82) is 0 Å². The summed E-state index contributed by atoms with van der Waals surface area (Å²) in [6.07, 6.45) is -0.727. The zero-order valence-electron chi connectivity index (χ0n) is 24.6. The first-order valence-electron chi connectivity index (χ1n) is 13.9. The summed E-state index contributed by atoms with van der Waals surface area (Å²) in [4.78, 5) is 21.3. The Hall–Kier alpha value is -5.21. The van der Waals surface area contributed by atoms with Crippen LogP contribution in [0.25, 0.3) is 44.3 Å². The van der Waals surface area contributed by atoms with Crippen molar-refractivity contribution in [2.75, 3.05) is 14.2 Å². The van der Waals surface area contributed by atoms with E-state index in [1.54, 1.807) is 31.2 Å². The molecule has 1 atom stereocenters. The molecule has 0 fully saturated rings. The molecule has 0 radical (unpaired) electrons. The Morgan fingerprint density at radius 2 is 1.18 bits per heavy atom. The number of ether oxygens (including phenoxy) is 2. The van der Waals surface area contributed by atoms with E-state index in [2.05, 4.69) is 9.97 Å². The lowest BCUT2D eigenvalue weighted by molar-refractivity contribution is 0.101. The molecule has 1 N–H and O–H groups in total. The minimum absolute atomic E-state index is 0.117. The maximum atomic E-state index is 13.5. The Bertz CT molecular complexity index is 1990. The van der Waals surface area contributed by atoms with Crippen molar-refractivity contribution in [3.8, 4) is 34.0 Å². The molecule has 0 spiro atoms. The van der Waals surface area contributed by atoms with E-state index in [4.69, 9.17) is 9.47 Å². The molecular formula is C36H30F2N2O4. The number of aromatic nitrogens is 2. The average molecular weight is 593 g/mol. The van der Waals surface area contributed by atoms with Crippen molar-refractivity contribution in [3.63, 3.8) is 0 Å². The van der Waals surface area contributed by atoms with Crippen LogP contribution in [0.5, 0.6) is 11.5 Å². The number of para-hydroxylation sites is 2. The van der Waals surface area contributed by atoms with Gasteiger partial charge < -0.3 is 14.6 Å². The second-order valence-corrected chi connectivity index (χ2v) is 10.1. The van der Waals surface area contributed by atoms with Gasteiger partial charge in [-0.15, -0.1) is 0 Å². The Kier molecular flexibility index (Phi) is 8.92. The van der Waals surface area contributed by atoms with E-state index in [0.29, 0.717) is 50.7 Å². The zero-order chi connectivity index (χ0) is 31.4. The molecule has 44 heavy (non-hydrogen) atoms. The van der Waals surface area contributed by atoms with Crippen molar-refractivity contribution < 1.29 is 28.2 Å². The van der Waals surface area contributed by atoms with Crippen molar-refractivity contribution in [3.05, 3.63) is 120 Å². The lowest BCUT2D eigenvalue weighted by Crippen LogP contribution is -2.03. The topological polar surface area (TPSA) is 81.5 Å². The Morgan fingerprint density at radius 3 is 1.66 bits per heavy atom. The van der Waals surface area contributed by atoms with Gasteiger partial charge in [-0.1, -0.05) is 60.7 Å². The molecule has 2 aromatic heterocycles. The summed E-state index contributed by atoms with van der Waals surface area (Å²) in [7, 11) is 3.02. The number of ketones is 1. The van der Waals surface area contributed by atoms with Crippen molar-refractivity contribution >= 4 is 27.6 Å². The second-order valence-electron chi connectivity index (χ2n) is 10.1. The first kappa shape index (κ1) is 30.3. The van der Waals surface area contributed by atoms with Gasteiger partial charge in [0.2, 0.25) is 0 Å². The van der Waals surface area contributed by atoms with Gasteiger partial charge in [0.25, 0.3) is 0 Å². The number of rotatable bonds is 6. The monoisotopic (exact) mass is 592 g/mol. The molecule has 6 aromatic rings. The lowest BCUT2D eigenvalue weighted by atomic mass is 9.99. The van der Waals surface area contributed by atoms with Crippen LogP contribution in [-0.2, 0) is 0 Å².